The van der Waals surface area contributed by atoms with Crippen LogP contribution >= 0.6 is 0 Å². The number of hydrogen-bond donors (Lipinski definition) is 0. The molecule has 0 aromatic heterocycles. The van der Waals surface area contributed by atoms with Crippen LogP contribution in [0.3, 0.4) is 0 Å². The summed E-state index contributed by atoms with van der Waals surface area (Å²) in [6, 6.07) is 0. The number of fused-ring (bicyclic) bond motifs is 5. The average Bonchev–Trinajstić information content (AvgIpc) is 2.76. The Balaban J connectivity index is 1.83. The zero-order chi connectivity index (χ0) is 14.8. The van der Waals surface area contributed by atoms with Gasteiger partial charge in [-0.05, 0) is 48.7 Å². The van der Waals surface area contributed by atoms with E-state index in [9.17, 15) is 4.79 Å². The van der Waals surface area contributed by atoms with Crippen LogP contribution in [-0.4, -0.2) is 5.78 Å². The summed E-state index contributed by atoms with van der Waals surface area (Å²) >= 11 is 0. The van der Waals surface area contributed by atoms with Gasteiger partial charge in [0.05, 0.1) is 0 Å². The van der Waals surface area contributed by atoms with E-state index in [1.165, 1.54) is 24.0 Å². The summed E-state index contributed by atoms with van der Waals surface area (Å²) in [5.41, 5.74) is 4.66. The van der Waals surface area contributed by atoms with Crippen molar-refractivity contribution in [1.82, 2.24) is 0 Å². The molecular formula is C20H24O. The lowest BCUT2D eigenvalue weighted by Crippen LogP contribution is -2.41. The van der Waals surface area contributed by atoms with Crippen LogP contribution in [0.1, 0.15) is 46.0 Å². The van der Waals surface area contributed by atoms with Gasteiger partial charge in [-0.15, -0.1) is 0 Å². The maximum absolute atomic E-state index is 11.8. The van der Waals surface area contributed by atoms with Crippen LogP contribution in [0.25, 0.3) is 0 Å². The third-order valence-electron chi connectivity index (χ3n) is 6.87. The van der Waals surface area contributed by atoms with Crippen LogP contribution in [0, 0.1) is 22.7 Å². The predicted octanol–water partition coefficient (Wildman–Crippen LogP) is 4.77. The molecule has 0 amide bonds. The number of hydrogen-bond acceptors (Lipinski definition) is 1. The molecule has 21 heavy (non-hydrogen) atoms. The molecule has 0 aromatic rings. The maximum atomic E-state index is 11.8. The van der Waals surface area contributed by atoms with E-state index < -0.39 is 0 Å². The first-order chi connectivity index (χ1) is 9.95. The Labute approximate surface area is 127 Å². The number of ketones is 1. The van der Waals surface area contributed by atoms with Crippen molar-refractivity contribution in [3.8, 4) is 0 Å². The van der Waals surface area contributed by atoms with E-state index in [1.54, 1.807) is 5.57 Å². The van der Waals surface area contributed by atoms with Gasteiger partial charge in [0.2, 0.25) is 0 Å². The Morgan fingerprint density at radius 3 is 2.90 bits per heavy atom. The first kappa shape index (κ1) is 13.3. The molecule has 4 rings (SSSR count). The Hall–Kier alpha value is -1.37. The molecule has 0 aromatic carbocycles. The molecule has 4 atom stereocenters. The molecule has 110 valence electrons. The maximum Gasteiger partial charge on any atom is 0.156 e. The minimum Gasteiger partial charge on any atom is -0.295 e. The lowest BCUT2D eigenvalue weighted by molar-refractivity contribution is -0.115. The molecule has 0 bridgehead atoms. The smallest absolute Gasteiger partial charge is 0.156 e. The summed E-state index contributed by atoms with van der Waals surface area (Å²) in [5, 5.41) is 0. The van der Waals surface area contributed by atoms with Crippen molar-refractivity contribution in [2.24, 2.45) is 22.7 Å². The number of allylic oxidation sites excluding steroid dienone is 7. The Morgan fingerprint density at radius 2 is 2.10 bits per heavy atom. The predicted molar refractivity (Wildman–Crippen MR) is 85.7 cm³/mol. The Bertz CT molecular complexity index is 632. The third kappa shape index (κ3) is 1.61. The molecule has 1 heteroatoms. The van der Waals surface area contributed by atoms with Crippen molar-refractivity contribution < 1.29 is 4.79 Å². The molecule has 0 saturated heterocycles. The average molecular weight is 280 g/mol. The van der Waals surface area contributed by atoms with E-state index in [1.807, 2.05) is 6.08 Å². The summed E-state index contributed by atoms with van der Waals surface area (Å²) in [6.07, 6.45) is 14.3. The molecular weight excluding hydrogens is 256 g/mol. The van der Waals surface area contributed by atoms with Crippen LogP contribution in [0.2, 0.25) is 0 Å². The van der Waals surface area contributed by atoms with Gasteiger partial charge in [0.15, 0.2) is 5.78 Å². The quantitative estimate of drug-likeness (QED) is 0.584. The van der Waals surface area contributed by atoms with Crippen LogP contribution in [0.15, 0.2) is 47.6 Å². The van der Waals surface area contributed by atoms with Crippen LogP contribution < -0.4 is 0 Å². The van der Waals surface area contributed by atoms with Crippen LogP contribution in [-0.2, 0) is 4.79 Å². The zero-order valence-corrected chi connectivity index (χ0v) is 13.1. The highest BCUT2D eigenvalue weighted by Gasteiger charge is 2.52. The standard InChI is InChI=1S/C20H24O/c1-13-4-7-17-16-6-5-14-12-15(21)8-10-20(14,3)18(16)9-11-19(13,17)2/h5-6,9,12,16-17H,1,4,7-8,10-11H2,2-3H3. The van der Waals surface area contributed by atoms with Crippen LogP contribution in [0.4, 0.5) is 0 Å². The molecule has 1 fully saturated rings. The van der Waals surface area contributed by atoms with E-state index in [2.05, 4.69) is 38.7 Å². The second-order valence-corrected chi connectivity index (χ2v) is 7.81. The molecule has 1 saturated carbocycles. The number of carbonyl (C=O) groups is 1. The molecule has 4 unspecified atom stereocenters. The molecule has 0 aliphatic heterocycles. The van der Waals surface area contributed by atoms with Gasteiger partial charge >= 0.3 is 0 Å². The lowest BCUT2D eigenvalue weighted by Gasteiger charge is -2.50. The van der Waals surface area contributed by atoms with E-state index in [0.29, 0.717) is 29.5 Å². The highest BCUT2D eigenvalue weighted by molar-refractivity contribution is 5.92. The van der Waals surface area contributed by atoms with Gasteiger partial charge in [-0.2, -0.15) is 0 Å². The fraction of sp³-hybridized carbons (Fsp3) is 0.550. The molecule has 4 aliphatic rings. The Morgan fingerprint density at radius 1 is 1.29 bits per heavy atom. The first-order valence-corrected chi connectivity index (χ1v) is 8.27. The summed E-state index contributed by atoms with van der Waals surface area (Å²) in [7, 11) is 0. The molecule has 4 aliphatic carbocycles. The van der Waals surface area contributed by atoms with Crippen molar-refractivity contribution in [3.63, 3.8) is 0 Å². The fourth-order valence-electron chi connectivity index (χ4n) is 5.25. The highest BCUT2D eigenvalue weighted by Crippen LogP contribution is 2.62. The van der Waals surface area contributed by atoms with Gasteiger partial charge < -0.3 is 0 Å². The van der Waals surface area contributed by atoms with Crippen molar-refractivity contribution >= 4 is 5.78 Å². The van der Waals surface area contributed by atoms with Gasteiger partial charge in [-0.25, -0.2) is 0 Å². The molecule has 0 radical (unpaired) electrons. The van der Waals surface area contributed by atoms with Crippen molar-refractivity contribution in [2.45, 2.75) is 46.0 Å². The van der Waals surface area contributed by atoms with Crippen molar-refractivity contribution in [3.05, 3.63) is 47.6 Å². The van der Waals surface area contributed by atoms with E-state index in [0.717, 1.165) is 12.8 Å². The van der Waals surface area contributed by atoms with E-state index >= 15 is 0 Å². The second-order valence-electron chi connectivity index (χ2n) is 7.81. The van der Waals surface area contributed by atoms with E-state index in [4.69, 9.17) is 0 Å². The SMILES string of the molecule is C=C1CCC2C3C=CC4=CC(=O)CCC4(C)C3=CCC12C. The molecule has 0 spiro atoms. The minimum absolute atomic E-state index is 0.0958. The minimum atomic E-state index is 0.0958. The molecule has 1 nitrogen and oxygen atoms in total. The third-order valence-corrected chi connectivity index (χ3v) is 6.87. The lowest BCUT2D eigenvalue weighted by atomic mass is 9.54. The van der Waals surface area contributed by atoms with Gasteiger partial charge in [0.25, 0.3) is 0 Å². The van der Waals surface area contributed by atoms with E-state index in [-0.39, 0.29) is 5.41 Å². The zero-order valence-electron chi connectivity index (χ0n) is 13.1. The van der Waals surface area contributed by atoms with Gasteiger partial charge in [0, 0.05) is 17.8 Å². The van der Waals surface area contributed by atoms with Gasteiger partial charge in [-0.1, -0.05) is 49.8 Å². The highest BCUT2D eigenvalue weighted by atomic mass is 16.1. The largest absolute Gasteiger partial charge is 0.295 e. The van der Waals surface area contributed by atoms with Crippen molar-refractivity contribution in [1.29, 1.82) is 0 Å². The summed E-state index contributed by atoms with van der Waals surface area (Å²) < 4.78 is 0. The van der Waals surface area contributed by atoms with Crippen LogP contribution in [0.5, 0.6) is 0 Å². The summed E-state index contributed by atoms with van der Waals surface area (Å²) in [5.74, 6) is 1.55. The fourth-order valence-corrected chi connectivity index (χ4v) is 5.25. The molecule has 0 heterocycles. The number of rotatable bonds is 0. The first-order valence-electron chi connectivity index (χ1n) is 8.27. The summed E-state index contributed by atoms with van der Waals surface area (Å²) in [6.45, 7) is 9.10. The van der Waals surface area contributed by atoms with Gasteiger partial charge in [0.1, 0.15) is 0 Å². The second kappa shape index (κ2) is 4.09. The molecule has 0 N–H and O–H groups in total. The summed E-state index contributed by atoms with van der Waals surface area (Å²) in [4.78, 5) is 11.8. The van der Waals surface area contributed by atoms with Gasteiger partial charge in [-0.3, -0.25) is 4.79 Å². The Kier molecular flexibility index (Phi) is 2.59. The topological polar surface area (TPSA) is 17.1 Å². The number of carbonyl (C=O) groups excluding carboxylic acids is 1. The normalized spacial score (nSPS) is 44.7. The van der Waals surface area contributed by atoms with Crippen molar-refractivity contribution in [2.75, 3.05) is 0 Å². The monoisotopic (exact) mass is 280 g/mol.